The third kappa shape index (κ3) is 4.13. The second kappa shape index (κ2) is 8.63. The molecule has 3 rings (SSSR count). The summed E-state index contributed by atoms with van der Waals surface area (Å²) in [6.45, 7) is 4.56. The second-order valence-electron chi connectivity index (χ2n) is 6.48. The van der Waals surface area contributed by atoms with Gasteiger partial charge in [0.2, 0.25) is 0 Å². The molecule has 1 N–H and O–H groups in total. The number of nitrogens with one attached hydrogen (secondary N) is 1. The van der Waals surface area contributed by atoms with E-state index in [4.69, 9.17) is 21.1 Å². The van der Waals surface area contributed by atoms with Crippen molar-refractivity contribution < 1.29 is 13.9 Å². The standard InChI is InChI=1S/C21H23ClFN3O2/c1-13(24-11-15-8-20(27-3)21(28-4)10-19(15)22)18-12-25-26(14(18)2)17-7-5-6-16(23)9-17/h5-10,12-13,24H,11H2,1-4H3/t13-/m0/s1. The van der Waals surface area contributed by atoms with E-state index in [0.29, 0.717) is 28.8 Å². The van der Waals surface area contributed by atoms with Crippen molar-refractivity contribution in [2.24, 2.45) is 0 Å². The summed E-state index contributed by atoms with van der Waals surface area (Å²) in [6, 6.07) is 10.0. The topological polar surface area (TPSA) is 48.3 Å². The van der Waals surface area contributed by atoms with Crippen LogP contribution >= 0.6 is 11.6 Å². The number of hydrogen-bond donors (Lipinski definition) is 1. The van der Waals surface area contributed by atoms with E-state index in [-0.39, 0.29) is 11.9 Å². The first-order chi connectivity index (χ1) is 13.4. The maximum Gasteiger partial charge on any atom is 0.162 e. The molecule has 2 aromatic carbocycles. The lowest BCUT2D eigenvalue weighted by atomic mass is 10.1. The average molecular weight is 404 g/mol. The minimum atomic E-state index is -0.289. The minimum Gasteiger partial charge on any atom is -0.493 e. The van der Waals surface area contributed by atoms with Gasteiger partial charge in [0.05, 0.1) is 26.1 Å². The Hall–Kier alpha value is -2.57. The van der Waals surface area contributed by atoms with Gasteiger partial charge in [0, 0.05) is 34.9 Å². The summed E-state index contributed by atoms with van der Waals surface area (Å²) in [4.78, 5) is 0. The highest BCUT2D eigenvalue weighted by atomic mass is 35.5. The Morgan fingerprint density at radius 1 is 1.18 bits per heavy atom. The van der Waals surface area contributed by atoms with Crippen molar-refractivity contribution in [3.05, 3.63) is 70.3 Å². The Balaban J connectivity index is 1.77. The first kappa shape index (κ1) is 20.2. The fraction of sp³-hybridized carbons (Fsp3) is 0.286. The van der Waals surface area contributed by atoms with E-state index in [9.17, 15) is 4.39 Å². The summed E-state index contributed by atoms with van der Waals surface area (Å²) in [6.07, 6.45) is 1.80. The molecular weight excluding hydrogens is 381 g/mol. The summed E-state index contributed by atoms with van der Waals surface area (Å²) >= 11 is 6.37. The van der Waals surface area contributed by atoms with Gasteiger partial charge in [0.25, 0.3) is 0 Å². The quantitative estimate of drug-likeness (QED) is 0.613. The summed E-state index contributed by atoms with van der Waals surface area (Å²) in [5.41, 5.74) is 3.57. The predicted octanol–water partition coefficient (Wildman–Crippen LogP) is 4.84. The van der Waals surface area contributed by atoms with E-state index in [1.54, 1.807) is 37.2 Å². The number of halogens is 2. The largest absolute Gasteiger partial charge is 0.493 e. The van der Waals surface area contributed by atoms with Crippen molar-refractivity contribution in [3.63, 3.8) is 0 Å². The summed E-state index contributed by atoms with van der Waals surface area (Å²) < 4.78 is 25.9. The van der Waals surface area contributed by atoms with Crippen LogP contribution in [0.4, 0.5) is 4.39 Å². The van der Waals surface area contributed by atoms with Gasteiger partial charge in [0.1, 0.15) is 5.82 Å². The first-order valence-corrected chi connectivity index (χ1v) is 9.26. The van der Waals surface area contributed by atoms with E-state index in [1.807, 2.05) is 19.1 Å². The number of ether oxygens (including phenoxy) is 2. The molecule has 1 aromatic heterocycles. The number of methoxy groups -OCH3 is 2. The number of hydrogen-bond acceptors (Lipinski definition) is 4. The Kier molecular flexibility index (Phi) is 6.21. The molecule has 0 spiro atoms. The van der Waals surface area contributed by atoms with E-state index >= 15 is 0 Å². The van der Waals surface area contributed by atoms with E-state index < -0.39 is 0 Å². The van der Waals surface area contributed by atoms with Crippen LogP contribution in [0, 0.1) is 12.7 Å². The molecule has 0 aliphatic rings. The Bertz CT molecular complexity index is 974. The molecule has 0 bridgehead atoms. The van der Waals surface area contributed by atoms with Crippen LogP contribution in [0.3, 0.4) is 0 Å². The molecule has 1 heterocycles. The van der Waals surface area contributed by atoms with Crippen molar-refractivity contribution >= 4 is 11.6 Å². The van der Waals surface area contributed by atoms with E-state index in [1.165, 1.54) is 12.1 Å². The zero-order valence-electron chi connectivity index (χ0n) is 16.3. The molecule has 3 aromatic rings. The lowest BCUT2D eigenvalue weighted by Crippen LogP contribution is -2.19. The van der Waals surface area contributed by atoms with Crippen LogP contribution < -0.4 is 14.8 Å². The van der Waals surface area contributed by atoms with Crippen LogP contribution in [-0.4, -0.2) is 24.0 Å². The van der Waals surface area contributed by atoms with Gasteiger partial charge in [-0.1, -0.05) is 17.7 Å². The van der Waals surface area contributed by atoms with Crippen molar-refractivity contribution in [3.8, 4) is 17.2 Å². The molecule has 0 saturated heterocycles. The molecule has 0 amide bonds. The number of nitrogens with zero attached hydrogens (tertiary/aromatic N) is 2. The molecule has 148 valence electrons. The Labute approximate surface area is 169 Å². The van der Waals surface area contributed by atoms with Crippen LogP contribution in [0.25, 0.3) is 5.69 Å². The third-order valence-corrected chi connectivity index (χ3v) is 5.07. The van der Waals surface area contributed by atoms with Crippen LogP contribution in [0.1, 0.15) is 29.8 Å². The molecule has 5 nitrogen and oxygen atoms in total. The summed E-state index contributed by atoms with van der Waals surface area (Å²) in [5.74, 6) is 0.936. The van der Waals surface area contributed by atoms with E-state index in [2.05, 4.69) is 17.3 Å². The van der Waals surface area contributed by atoms with Crippen molar-refractivity contribution in [2.45, 2.75) is 26.4 Å². The molecule has 1 atom stereocenters. The lowest BCUT2D eigenvalue weighted by Gasteiger charge is -2.16. The van der Waals surface area contributed by atoms with Gasteiger partial charge in [-0.05, 0) is 43.7 Å². The molecular formula is C21H23ClFN3O2. The monoisotopic (exact) mass is 403 g/mol. The molecule has 0 aliphatic heterocycles. The van der Waals surface area contributed by atoms with Crippen molar-refractivity contribution in [1.82, 2.24) is 15.1 Å². The van der Waals surface area contributed by atoms with Gasteiger partial charge < -0.3 is 14.8 Å². The molecule has 0 fully saturated rings. The van der Waals surface area contributed by atoms with Crippen LogP contribution in [0.5, 0.6) is 11.5 Å². The van der Waals surface area contributed by atoms with Crippen molar-refractivity contribution in [2.75, 3.05) is 14.2 Å². The molecule has 0 aliphatic carbocycles. The number of rotatable bonds is 7. The average Bonchev–Trinajstić information content (AvgIpc) is 3.08. The molecule has 28 heavy (non-hydrogen) atoms. The fourth-order valence-electron chi connectivity index (χ4n) is 3.12. The van der Waals surface area contributed by atoms with E-state index in [0.717, 1.165) is 16.8 Å². The van der Waals surface area contributed by atoms with Gasteiger partial charge in [-0.25, -0.2) is 9.07 Å². The maximum absolute atomic E-state index is 13.5. The van der Waals surface area contributed by atoms with Gasteiger partial charge in [0.15, 0.2) is 11.5 Å². The Morgan fingerprint density at radius 2 is 1.89 bits per heavy atom. The lowest BCUT2D eigenvalue weighted by molar-refractivity contribution is 0.354. The normalized spacial score (nSPS) is 12.1. The highest BCUT2D eigenvalue weighted by Gasteiger charge is 2.16. The van der Waals surface area contributed by atoms with Gasteiger partial charge in [-0.15, -0.1) is 0 Å². The Morgan fingerprint density at radius 3 is 2.57 bits per heavy atom. The molecule has 0 saturated carbocycles. The summed E-state index contributed by atoms with van der Waals surface area (Å²) in [7, 11) is 3.17. The van der Waals surface area contributed by atoms with Crippen LogP contribution in [0.2, 0.25) is 5.02 Å². The summed E-state index contributed by atoms with van der Waals surface area (Å²) in [5, 5.41) is 8.47. The zero-order chi connectivity index (χ0) is 20.3. The maximum atomic E-state index is 13.5. The smallest absolute Gasteiger partial charge is 0.162 e. The molecule has 0 radical (unpaired) electrons. The minimum absolute atomic E-state index is 0.0199. The number of aromatic nitrogens is 2. The first-order valence-electron chi connectivity index (χ1n) is 8.88. The fourth-order valence-corrected chi connectivity index (χ4v) is 3.34. The zero-order valence-corrected chi connectivity index (χ0v) is 17.0. The highest BCUT2D eigenvalue weighted by Crippen LogP contribution is 2.33. The van der Waals surface area contributed by atoms with Crippen LogP contribution in [0.15, 0.2) is 42.6 Å². The highest BCUT2D eigenvalue weighted by molar-refractivity contribution is 6.31. The van der Waals surface area contributed by atoms with Gasteiger partial charge in [-0.3, -0.25) is 0 Å². The van der Waals surface area contributed by atoms with Gasteiger partial charge >= 0.3 is 0 Å². The van der Waals surface area contributed by atoms with Crippen LogP contribution in [-0.2, 0) is 6.54 Å². The second-order valence-corrected chi connectivity index (χ2v) is 6.89. The van der Waals surface area contributed by atoms with Crippen molar-refractivity contribution in [1.29, 1.82) is 0 Å². The SMILES string of the molecule is COc1cc(Cl)c(CN[C@@H](C)c2cnn(-c3cccc(F)c3)c2C)cc1OC. The number of benzene rings is 2. The van der Waals surface area contributed by atoms with Gasteiger partial charge in [-0.2, -0.15) is 5.10 Å². The third-order valence-electron chi connectivity index (χ3n) is 4.72. The molecule has 7 heteroatoms. The molecule has 0 unspecified atom stereocenters. The predicted molar refractivity (Wildman–Crippen MR) is 108 cm³/mol.